The third kappa shape index (κ3) is 2.36. The molecule has 8 heteroatoms. The Morgan fingerprint density at radius 3 is 2.59 bits per heavy atom. The highest BCUT2D eigenvalue weighted by molar-refractivity contribution is 6.04. The van der Waals surface area contributed by atoms with Gasteiger partial charge in [0.05, 0.1) is 12.0 Å². The molecule has 6 fully saturated rings. The van der Waals surface area contributed by atoms with Crippen LogP contribution in [-0.2, 0) is 28.6 Å². The second-order valence-corrected chi connectivity index (χ2v) is 10.9. The van der Waals surface area contributed by atoms with Crippen molar-refractivity contribution in [1.29, 1.82) is 0 Å². The van der Waals surface area contributed by atoms with Gasteiger partial charge in [-0.15, -0.1) is 0 Å². The normalized spacial score (nSPS) is 51.1. The SMILES string of the molecule is C=C1C(=O)[C@]23C[C@H]1CC[C@H]2[C@]12CC[C@H](OC(C)=O)[C@@](C)(COC(C)=O)[C@H]1[C@H](O)[C@@]3(O)OC2. The molecule has 2 aliphatic heterocycles. The van der Waals surface area contributed by atoms with Crippen molar-refractivity contribution in [3.63, 3.8) is 0 Å². The topological polar surface area (TPSA) is 119 Å². The molecular weight excluding hydrogens is 416 g/mol. The van der Waals surface area contributed by atoms with Gasteiger partial charge in [-0.2, -0.15) is 0 Å². The summed E-state index contributed by atoms with van der Waals surface area (Å²) in [5.41, 5.74) is -2.25. The molecule has 0 aromatic carbocycles. The molecule has 2 saturated heterocycles. The maximum atomic E-state index is 13.6. The Morgan fingerprint density at radius 1 is 1.22 bits per heavy atom. The molecule has 6 rings (SSSR count). The molecule has 4 aliphatic carbocycles. The highest BCUT2D eigenvalue weighted by Gasteiger charge is 2.84. The third-order valence-corrected chi connectivity index (χ3v) is 9.60. The molecule has 176 valence electrons. The monoisotopic (exact) mass is 448 g/mol. The first-order valence-electron chi connectivity index (χ1n) is 11.5. The van der Waals surface area contributed by atoms with Crippen molar-refractivity contribution in [2.75, 3.05) is 13.2 Å². The number of Topliss-reactive ketones (excluding diaryl/α,β-unsaturated/α-hetero) is 1. The molecule has 4 saturated carbocycles. The Balaban J connectivity index is 1.66. The molecule has 2 heterocycles. The minimum Gasteiger partial charge on any atom is -0.465 e. The van der Waals surface area contributed by atoms with E-state index in [0.29, 0.717) is 24.8 Å². The summed E-state index contributed by atoms with van der Waals surface area (Å²) in [6.45, 7) is 8.63. The van der Waals surface area contributed by atoms with Crippen molar-refractivity contribution >= 4 is 17.7 Å². The van der Waals surface area contributed by atoms with Crippen LogP contribution in [0.4, 0.5) is 0 Å². The fourth-order valence-corrected chi connectivity index (χ4v) is 8.46. The maximum absolute atomic E-state index is 13.6. The Bertz CT molecular complexity index is 914. The lowest BCUT2D eigenvalue weighted by atomic mass is 9.36. The first kappa shape index (κ1) is 22.0. The highest BCUT2D eigenvalue weighted by Crippen LogP contribution is 2.76. The van der Waals surface area contributed by atoms with E-state index in [9.17, 15) is 24.6 Å². The van der Waals surface area contributed by atoms with Crippen LogP contribution in [0, 0.1) is 34.0 Å². The number of ketones is 1. The van der Waals surface area contributed by atoms with Gasteiger partial charge in [-0.05, 0) is 49.5 Å². The van der Waals surface area contributed by atoms with E-state index in [0.717, 1.165) is 12.8 Å². The predicted octanol–water partition coefficient (Wildman–Crippen LogP) is 1.52. The van der Waals surface area contributed by atoms with Gasteiger partial charge in [0, 0.05) is 30.6 Å². The number of carbonyl (C=O) groups excluding carboxylic acids is 3. The highest BCUT2D eigenvalue weighted by atomic mass is 16.6. The Hall–Kier alpha value is -1.77. The fraction of sp³-hybridized carbons (Fsp3) is 0.792. The fourth-order valence-electron chi connectivity index (χ4n) is 8.46. The number of hydrogen-bond acceptors (Lipinski definition) is 8. The summed E-state index contributed by atoms with van der Waals surface area (Å²) in [5.74, 6) is -3.96. The van der Waals surface area contributed by atoms with E-state index in [4.69, 9.17) is 14.2 Å². The minimum atomic E-state index is -2.06. The van der Waals surface area contributed by atoms with Gasteiger partial charge in [0.2, 0.25) is 5.79 Å². The van der Waals surface area contributed by atoms with E-state index in [1.54, 1.807) is 0 Å². The number of aliphatic hydroxyl groups excluding tert-OH is 1. The molecule has 32 heavy (non-hydrogen) atoms. The zero-order chi connectivity index (χ0) is 23.3. The van der Waals surface area contributed by atoms with Crippen molar-refractivity contribution in [3.05, 3.63) is 12.2 Å². The first-order chi connectivity index (χ1) is 14.9. The third-order valence-electron chi connectivity index (χ3n) is 9.60. The smallest absolute Gasteiger partial charge is 0.302 e. The van der Waals surface area contributed by atoms with Crippen LogP contribution in [0.25, 0.3) is 0 Å². The van der Waals surface area contributed by atoms with Crippen LogP contribution in [0.2, 0.25) is 0 Å². The molecule has 2 spiro atoms. The van der Waals surface area contributed by atoms with Crippen LogP contribution in [0.5, 0.6) is 0 Å². The van der Waals surface area contributed by atoms with Gasteiger partial charge in [0.15, 0.2) is 5.78 Å². The van der Waals surface area contributed by atoms with Crippen molar-refractivity contribution in [3.8, 4) is 0 Å². The number of ether oxygens (including phenoxy) is 3. The molecule has 0 radical (unpaired) electrons. The second kappa shape index (κ2) is 6.64. The number of rotatable bonds is 3. The first-order valence-corrected chi connectivity index (χ1v) is 11.5. The van der Waals surface area contributed by atoms with E-state index in [2.05, 4.69) is 6.58 Å². The molecule has 0 unspecified atom stereocenters. The van der Waals surface area contributed by atoms with Gasteiger partial charge >= 0.3 is 11.9 Å². The second-order valence-electron chi connectivity index (χ2n) is 10.9. The van der Waals surface area contributed by atoms with Crippen molar-refractivity contribution in [2.45, 2.75) is 70.9 Å². The average molecular weight is 449 g/mol. The van der Waals surface area contributed by atoms with Crippen molar-refractivity contribution in [1.82, 2.24) is 0 Å². The van der Waals surface area contributed by atoms with Crippen LogP contribution in [-0.4, -0.2) is 59.1 Å². The quantitative estimate of drug-likeness (QED) is 0.493. The Kier molecular flexibility index (Phi) is 4.57. The van der Waals surface area contributed by atoms with Crippen LogP contribution in [0.1, 0.15) is 52.9 Å². The van der Waals surface area contributed by atoms with Crippen molar-refractivity contribution < 1.29 is 38.8 Å². The predicted molar refractivity (Wildman–Crippen MR) is 110 cm³/mol. The zero-order valence-electron chi connectivity index (χ0n) is 18.9. The standard InChI is InChI=1S/C24H32O8/c1-12-15-5-6-16-22-8-7-17(32-14(3)26)21(4,10-30-13(2)25)18(22)20(28)24(29,31-11-22)23(16,9-15)19(12)27/h15-18,20,28-29H,1,5-11H2,2-4H3/t15-,16+,17+,18-,20+,21-,22-,23+,24-/m1/s1. The Morgan fingerprint density at radius 2 is 1.94 bits per heavy atom. The van der Waals surface area contributed by atoms with Crippen LogP contribution < -0.4 is 0 Å². The number of fused-ring (bicyclic) bond motifs is 2. The number of hydrogen-bond donors (Lipinski definition) is 2. The van der Waals surface area contributed by atoms with Gasteiger partial charge in [0.25, 0.3) is 0 Å². The zero-order valence-corrected chi connectivity index (χ0v) is 18.9. The average Bonchev–Trinajstić information content (AvgIpc) is 2.92. The summed E-state index contributed by atoms with van der Waals surface area (Å²) in [6, 6.07) is 0. The lowest BCUT2D eigenvalue weighted by molar-refractivity contribution is -0.443. The summed E-state index contributed by atoms with van der Waals surface area (Å²) in [6.07, 6.45) is 1.04. The van der Waals surface area contributed by atoms with Gasteiger partial charge in [0.1, 0.15) is 18.8 Å². The van der Waals surface area contributed by atoms with E-state index in [1.807, 2.05) is 6.92 Å². The largest absolute Gasteiger partial charge is 0.465 e. The molecule has 9 atom stereocenters. The molecule has 0 amide bonds. The number of esters is 2. The maximum Gasteiger partial charge on any atom is 0.302 e. The lowest BCUT2D eigenvalue weighted by Crippen LogP contribution is -2.83. The van der Waals surface area contributed by atoms with E-state index in [-0.39, 0.29) is 30.8 Å². The number of carbonyl (C=O) groups is 3. The minimum absolute atomic E-state index is 0.00223. The van der Waals surface area contributed by atoms with Crippen LogP contribution in [0.3, 0.4) is 0 Å². The van der Waals surface area contributed by atoms with Crippen molar-refractivity contribution in [2.24, 2.45) is 34.0 Å². The van der Waals surface area contributed by atoms with Gasteiger partial charge in [-0.3, -0.25) is 14.4 Å². The van der Waals surface area contributed by atoms with Gasteiger partial charge in [-0.25, -0.2) is 0 Å². The molecular formula is C24H32O8. The summed E-state index contributed by atoms with van der Waals surface area (Å²) >= 11 is 0. The Labute approximate surface area is 187 Å². The molecule has 8 nitrogen and oxygen atoms in total. The molecule has 6 aliphatic rings. The molecule has 4 bridgehead atoms. The number of allylic oxidation sites excluding steroid dienone is 1. The molecule has 2 N–H and O–H groups in total. The summed E-state index contributed by atoms with van der Waals surface area (Å²) < 4.78 is 17.1. The summed E-state index contributed by atoms with van der Waals surface area (Å²) in [7, 11) is 0. The lowest BCUT2D eigenvalue weighted by Gasteiger charge is -2.74. The van der Waals surface area contributed by atoms with Crippen LogP contribution >= 0.6 is 0 Å². The van der Waals surface area contributed by atoms with Gasteiger partial charge < -0.3 is 24.4 Å². The van der Waals surface area contributed by atoms with E-state index < -0.39 is 52.1 Å². The van der Waals surface area contributed by atoms with E-state index >= 15 is 0 Å². The summed E-state index contributed by atoms with van der Waals surface area (Å²) in [5, 5.41) is 23.6. The number of aliphatic hydroxyl groups is 2. The van der Waals surface area contributed by atoms with Crippen LogP contribution in [0.15, 0.2) is 12.2 Å². The summed E-state index contributed by atoms with van der Waals surface area (Å²) in [4.78, 5) is 37.2. The molecule has 0 aromatic heterocycles. The van der Waals surface area contributed by atoms with Gasteiger partial charge in [-0.1, -0.05) is 13.5 Å². The molecule has 0 aromatic rings. The van der Waals surface area contributed by atoms with E-state index in [1.165, 1.54) is 13.8 Å².